The van der Waals surface area contributed by atoms with Gasteiger partial charge < -0.3 is 10.2 Å². The quantitative estimate of drug-likeness (QED) is 0.201. The van der Waals surface area contributed by atoms with E-state index in [0.717, 1.165) is 13.4 Å². The van der Waals surface area contributed by atoms with E-state index >= 15 is 0 Å². The first-order valence-corrected chi connectivity index (χ1v) is 15.9. The molecule has 4 aromatic carbocycles. The zero-order valence-corrected chi connectivity index (χ0v) is 26.0. The van der Waals surface area contributed by atoms with Crippen LogP contribution in [0.15, 0.2) is 114 Å². The molecule has 10 heteroatoms. The van der Waals surface area contributed by atoms with Crippen molar-refractivity contribution in [3.63, 3.8) is 0 Å². The Hall–Kier alpha value is -3.77. The molecule has 1 N–H and O–H groups in total. The average molecular weight is 700 g/mol. The number of sulfonamides is 1. The van der Waals surface area contributed by atoms with Crippen LogP contribution in [-0.2, 0) is 32.6 Å². The van der Waals surface area contributed by atoms with E-state index < -0.39 is 40.2 Å². The van der Waals surface area contributed by atoms with Gasteiger partial charge >= 0.3 is 0 Å². The van der Waals surface area contributed by atoms with Gasteiger partial charge in [0, 0.05) is 28.6 Å². The molecule has 0 saturated heterocycles. The Labute approximate surface area is 259 Å². The first-order chi connectivity index (χ1) is 20.2. The molecule has 0 saturated carbocycles. The summed E-state index contributed by atoms with van der Waals surface area (Å²) in [5.41, 5.74) is 1.29. The summed E-state index contributed by atoms with van der Waals surface area (Å²) in [4.78, 5) is 29.0. The summed E-state index contributed by atoms with van der Waals surface area (Å²) >= 11 is 2.11. The van der Waals surface area contributed by atoms with Gasteiger partial charge in [-0.15, -0.1) is 0 Å². The maximum atomic E-state index is 14.9. The predicted octanol–water partition coefficient (Wildman–Crippen LogP) is 5.40. The van der Waals surface area contributed by atoms with Crippen LogP contribution in [0, 0.1) is 9.39 Å². The standard InChI is InChI=1S/C32H31FIN3O4S/c1-2-35-32(39)30(21-24-11-5-3-6-12-24)36(22-25-13-9-10-16-29(25)33)31(38)23-37(27-19-17-26(34)18-20-27)42(40,41)28-14-7-4-8-15-28/h3-20,30H,2,21-23H2,1H3,(H,35,39)/t30-/m0/s1. The normalized spacial score (nSPS) is 11.9. The highest BCUT2D eigenvalue weighted by atomic mass is 127. The molecular formula is C32H31FIN3O4S. The Morgan fingerprint density at radius 1 is 0.857 bits per heavy atom. The van der Waals surface area contributed by atoms with Gasteiger partial charge in [-0.25, -0.2) is 12.8 Å². The summed E-state index contributed by atoms with van der Waals surface area (Å²) in [5, 5.41) is 2.79. The van der Waals surface area contributed by atoms with Crippen molar-refractivity contribution in [1.29, 1.82) is 0 Å². The van der Waals surface area contributed by atoms with Crippen LogP contribution in [0.5, 0.6) is 0 Å². The van der Waals surface area contributed by atoms with Gasteiger partial charge in [0.1, 0.15) is 18.4 Å². The van der Waals surface area contributed by atoms with E-state index in [0.29, 0.717) is 6.54 Å². The van der Waals surface area contributed by atoms with Crippen LogP contribution >= 0.6 is 22.6 Å². The SMILES string of the molecule is CCNC(=O)[C@H](Cc1ccccc1)N(Cc1ccccc1F)C(=O)CN(c1ccc(I)cc1)S(=O)(=O)c1ccccc1. The molecular weight excluding hydrogens is 668 g/mol. The number of carbonyl (C=O) groups excluding carboxylic acids is 2. The first-order valence-electron chi connectivity index (χ1n) is 13.4. The average Bonchev–Trinajstić information content (AvgIpc) is 3.00. The third-order valence-corrected chi connectivity index (χ3v) is 9.15. The summed E-state index contributed by atoms with van der Waals surface area (Å²) < 4.78 is 44.6. The van der Waals surface area contributed by atoms with E-state index in [-0.39, 0.29) is 29.1 Å². The number of anilines is 1. The van der Waals surface area contributed by atoms with E-state index in [1.165, 1.54) is 23.1 Å². The topological polar surface area (TPSA) is 86.8 Å². The van der Waals surface area contributed by atoms with Gasteiger partial charge in [-0.05, 0) is 77.5 Å². The van der Waals surface area contributed by atoms with E-state index in [1.54, 1.807) is 67.6 Å². The number of halogens is 2. The summed E-state index contributed by atoms with van der Waals surface area (Å²) in [6.07, 6.45) is 0.155. The summed E-state index contributed by atoms with van der Waals surface area (Å²) in [6.45, 7) is 1.26. The lowest BCUT2D eigenvalue weighted by Gasteiger charge is -2.34. The van der Waals surface area contributed by atoms with Crippen molar-refractivity contribution in [1.82, 2.24) is 10.2 Å². The summed E-state index contributed by atoms with van der Waals surface area (Å²) in [6, 6.07) is 28.8. The van der Waals surface area contributed by atoms with Crippen molar-refractivity contribution < 1.29 is 22.4 Å². The number of amides is 2. The van der Waals surface area contributed by atoms with E-state index in [1.807, 2.05) is 30.3 Å². The van der Waals surface area contributed by atoms with Gasteiger partial charge in [-0.1, -0.05) is 66.7 Å². The molecule has 1 atom stereocenters. The number of rotatable bonds is 12. The number of hydrogen-bond acceptors (Lipinski definition) is 4. The lowest BCUT2D eigenvalue weighted by molar-refractivity contribution is -0.140. The maximum Gasteiger partial charge on any atom is 0.264 e. The molecule has 0 aliphatic rings. The number of nitrogens with zero attached hydrogens (tertiary/aromatic N) is 2. The lowest BCUT2D eigenvalue weighted by Crippen LogP contribution is -2.53. The number of carbonyl (C=O) groups is 2. The van der Waals surface area contributed by atoms with E-state index in [2.05, 4.69) is 27.9 Å². The fourth-order valence-corrected chi connectivity index (χ4v) is 6.31. The van der Waals surface area contributed by atoms with Crippen molar-refractivity contribution in [2.45, 2.75) is 30.8 Å². The molecule has 0 bridgehead atoms. The maximum absolute atomic E-state index is 14.9. The monoisotopic (exact) mass is 699 g/mol. The minimum absolute atomic E-state index is 0.0153. The molecule has 0 aliphatic heterocycles. The third kappa shape index (κ3) is 7.74. The zero-order valence-electron chi connectivity index (χ0n) is 23.0. The lowest BCUT2D eigenvalue weighted by atomic mass is 10.0. The molecule has 218 valence electrons. The van der Waals surface area contributed by atoms with Crippen LogP contribution in [0.25, 0.3) is 0 Å². The fraction of sp³-hybridized carbons (Fsp3) is 0.188. The Bertz CT molecular complexity index is 1600. The molecule has 0 aliphatic carbocycles. The Morgan fingerprint density at radius 2 is 1.45 bits per heavy atom. The summed E-state index contributed by atoms with van der Waals surface area (Å²) in [5.74, 6) is -1.60. The molecule has 0 fully saturated rings. The molecule has 0 spiro atoms. The van der Waals surface area contributed by atoms with Crippen molar-refractivity contribution in [2.75, 3.05) is 17.4 Å². The highest BCUT2D eigenvalue weighted by Gasteiger charge is 2.34. The molecule has 7 nitrogen and oxygen atoms in total. The second-order valence-corrected chi connectivity index (χ2v) is 12.6. The van der Waals surface area contributed by atoms with Gasteiger partial charge in [-0.2, -0.15) is 0 Å². The fourth-order valence-electron chi connectivity index (χ4n) is 4.51. The van der Waals surface area contributed by atoms with Gasteiger partial charge in [0.05, 0.1) is 10.6 Å². The molecule has 0 heterocycles. The second kappa shape index (κ2) is 14.4. The van der Waals surface area contributed by atoms with Crippen LogP contribution < -0.4 is 9.62 Å². The number of benzene rings is 4. The zero-order chi connectivity index (χ0) is 30.1. The Morgan fingerprint density at radius 3 is 2.07 bits per heavy atom. The minimum atomic E-state index is -4.18. The first kappa shape index (κ1) is 31.2. The number of nitrogens with one attached hydrogen (secondary N) is 1. The van der Waals surface area contributed by atoms with Gasteiger partial charge in [-0.3, -0.25) is 13.9 Å². The van der Waals surface area contributed by atoms with Crippen LogP contribution in [-0.4, -0.2) is 44.3 Å². The van der Waals surface area contributed by atoms with Crippen molar-refractivity contribution in [2.24, 2.45) is 0 Å². The highest BCUT2D eigenvalue weighted by Crippen LogP contribution is 2.26. The van der Waals surface area contributed by atoms with Gasteiger partial charge in [0.2, 0.25) is 11.8 Å². The van der Waals surface area contributed by atoms with Crippen molar-refractivity contribution >= 4 is 50.1 Å². The van der Waals surface area contributed by atoms with Crippen LogP contribution in [0.2, 0.25) is 0 Å². The van der Waals surface area contributed by atoms with Crippen LogP contribution in [0.1, 0.15) is 18.1 Å². The third-order valence-electron chi connectivity index (χ3n) is 6.65. The van der Waals surface area contributed by atoms with Crippen LogP contribution in [0.3, 0.4) is 0 Å². The van der Waals surface area contributed by atoms with Crippen LogP contribution in [0.4, 0.5) is 10.1 Å². The molecule has 2 amide bonds. The number of likely N-dealkylation sites (N-methyl/N-ethyl adjacent to an activating group) is 1. The molecule has 0 unspecified atom stereocenters. The smallest absolute Gasteiger partial charge is 0.264 e. The molecule has 42 heavy (non-hydrogen) atoms. The Balaban J connectivity index is 1.79. The highest BCUT2D eigenvalue weighted by molar-refractivity contribution is 14.1. The second-order valence-electron chi connectivity index (χ2n) is 9.51. The van der Waals surface area contributed by atoms with Crippen molar-refractivity contribution in [3.8, 4) is 0 Å². The minimum Gasteiger partial charge on any atom is -0.355 e. The Kier molecular flexibility index (Phi) is 10.7. The largest absolute Gasteiger partial charge is 0.355 e. The molecule has 0 aromatic heterocycles. The number of hydrogen-bond donors (Lipinski definition) is 1. The molecule has 4 aromatic rings. The predicted molar refractivity (Wildman–Crippen MR) is 170 cm³/mol. The molecule has 4 rings (SSSR count). The summed E-state index contributed by atoms with van der Waals surface area (Å²) in [7, 11) is -4.18. The van der Waals surface area contributed by atoms with Gasteiger partial charge in [0.15, 0.2) is 0 Å². The van der Waals surface area contributed by atoms with Crippen molar-refractivity contribution in [3.05, 3.63) is 130 Å². The molecule has 0 radical (unpaired) electrons. The van der Waals surface area contributed by atoms with Gasteiger partial charge in [0.25, 0.3) is 10.0 Å². The van der Waals surface area contributed by atoms with E-state index in [9.17, 15) is 22.4 Å². The van der Waals surface area contributed by atoms with E-state index in [4.69, 9.17) is 0 Å².